The van der Waals surface area contributed by atoms with Crippen molar-refractivity contribution in [2.75, 3.05) is 41.7 Å². The van der Waals surface area contributed by atoms with E-state index in [-0.39, 0.29) is 17.0 Å². The third-order valence-corrected chi connectivity index (χ3v) is 6.63. The topological polar surface area (TPSA) is 144 Å². The first-order valence-electron chi connectivity index (χ1n) is 12.8. The number of carboxylic acid groups (broad SMARTS) is 1. The number of aromatic carboxylic acids is 1. The fourth-order valence-corrected chi connectivity index (χ4v) is 4.54. The van der Waals surface area contributed by atoms with Gasteiger partial charge in [0, 0.05) is 63.3 Å². The molecule has 0 amide bonds. The first-order chi connectivity index (χ1) is 19.5. The average Bonchev–Trinajstić information content (AvgIpc) is 3.74. The molecule has 5 rings (SSSR count). The smallest absolute Gasteiger partial charge is 0.500 e. The number of hydrogen-bond donors (Lipinski definition) is 2. The van der Waals surface area contributed by atoms with Gasteiger partial charge in [0.1, 0.15) is 17.2 Å². The van der Waals surface area contributed by atoms with E-state index < -0.39 is 35.0 Å². The van der Waals surface area contributed by atoms with Gasteiger partial charge < -0.3 is 34.5 Å². The maximum Gasteiger partial charge on any atom is 0.662 e. The molecule has 1 aliphatic heterocycles. The van der Waals surface area contributed by atoms with Crippen LogP contribution in [0.2, 0.25) is 0 Å². The lowest BCUT2D eigenvalue weighted by molar-refractivity contribution is -0.136. The second-order valence-corrected chi connectivity index (χ2v) is 9.64. The maximum absolute atomic E-state index is 15.1. The summed E-state index contributed by atoms with van der Waals surface area (Å²) in [4.78, 5) is 47.9. The molecule has 3 N–H and O–H groups in total. The van der Waals surface area contributed by atoms with Gasteiger partial charge in [-0.05, 0) is 43.2 Å². The summed E-state index contributed by atoms with van der Waals surface area (Å²) >= 11 is 0. The SMILES string of the molecule is CC(=O)O[B]OC(C)=O.Nc1ccc(N2CCN(c3cc4c(cc3F)c(=O)c(C(=O)O)cn4C3CC3)CC2)c(F)c1. The molecule has 2 aromatic carbocycles. The standard InChI is InChI=1S/C23H22F2N4O3.C4H6BO4/c24-17-9-13(26)1-4-19(17)27-5-7-28(8-6-27)21-11-20-15(10-18(21)25)22(30)16(23(31)32)12-29(20)14-2-3-14;1-3(6)8-5-9-4(2)7/h1,4,9-12,14H,2-3,5-8,26H2,(H,31,32);1-2H3. The average molecular weight is 569 g/mol. The van der Waals surface area contributed by atoms with Gasteiger partial charge in [0.2, 0.25) is 5.43 Å². The summed E-state index contributed by atoms with van der Waals surface area (Å²) in [6.07, 6.45) is 3.14. The van der Waals surface area contributed by atoms with Crippen LogP contribution in [-0.4, -0.2) is 61.4 Å². The molecule has 1 radical (unpaired) electrons. The van der Waals surface area contributed by atoms with Gasteiger partial charge >= 0.3 is 13.7 Å². The molecule has 215 valence electrons. The quantitative estimate of drug-likeness (QED) is 0.336. The van der Waals surface area contributed by atoms with Gasteiger partial charge in [-0.2, -0.15) is 0 Å². The molecule has 0 bridgehead atoms. The Bertz CT molecular complexity index is 1540. The van der Waals surface area contributed by atoms with Crippen LogP contribution in [-0.2, 0) is 18.9 Å². The number of pyridine rings is 1. The van der Waals surface area contributed by atoms with Crippen molar-refractivity contribution >= 4 is 53.6 Å². The lowest BCUT2D eigenvalue weighted by Gasteiger charge is -2.37. The van der Waals surface area contributed by atoms with Crippen molar-refractivity contribution in [1.29, 1.82) is 0 Å². The molecule has 41 heavy (non-hydrogen) atoms. The third kappa shape index (κ3) is 6.94. The molecule has 2 heterocycles. The molecule has 0 spiro atoms. The van der Waals surface area contributed by atoms with Gasteiger partial charge in [-0.3, -0.25) is 14.4 Å². The largest absolute Gasteiger partial charge is 0.662 e. The highest BCUT2D eigenvalue weighted by Crippen LogP contribution is 2.38. The van der Waals surface area contributed by atoms with E-state index in [1.54, 1.807) is 22.8 Å². The van der Waals surface area contributed by atoms with Crippen LogP contribution in [0.3, 0.4) is 0 Å². The molecular weight excluding hydrogens is 541 g/mol. The van der Waals surface area contributed by atoms with Crippen molar-refractivity contribution in [2.24, 2.45) is 0 Å². The van der Waals surface area contributed by atoms with E-state index in [0.29, 0.717) is 56.4 Å². The van der Waals surface area contributed by atoms with E-state index in [9.17, 15) is 28.7 Å². The number of rotatable bonds is 6. The van der Waals surface area contributed by atoms with E-state index in [4.69, 9.17) is 5.73 Å². The molecule has 2 fully saturated rings. The number of anilines is 3. The molecule has 1 saturated heterocycles. The molecular formula is C27H28BF2N4O7. The number of nitrogen functional groups attached to an aromatic ring is 1. The minimum atomic E-state index is -1.32. The van der Waals surface area contributed by atoms with Crippen molar-refractivity contribution in [2.45, 2.75) is 32.7 Å². The Kier molecular flexibility index (Phi) is 8.79. The number of piperazine rings is 1. The van der Waals surface area contributed by atoms with Gasteiger partial charge in [-0.15, -0.1) is 0 Å². The van der Waals surface area contributed by atoms with Crippen molar-refractivity contribution in [3.63, 3.8) is 0 Å². The van der Waals surface area contributed by atoms with Crippen molar-refractivity contribution < 1.29 is 37.6 Å². The highest BCUT2D eigenvalue weighted by Gasteiger charge is 2.29. The summed E-state index contributed by atoms with van der Waals surface area (Å²) < 4.78 is 39.4. The van der Waals surface area contributed by atoms with Crippen molar-refractivity contribution in [1.82, 2.24) is 4.57 Å². The first kappa shape index (κ1) is 29.4. The lowest BCUT2D eigenvalue weighted by Crippen LogP contribution is -2.47. The number of nitrogens with two attached hydrogens (primary N) is 1. The molecule has 1 aliphatic carbocycles. The number of carbonyl (C=O) groups is 3. The molecule has 0 atom stereocenters. The minimum Gasteiger partial charge on any atom is -0.500 e. The zero-order valence-electron chi connectivity index (χ0n) is 22.4. The van der Waals surface area contributed by atoms with E-state index >= 15 is 4.39 Å². The van der Waals surface area contributed by atoms with Crippen LogP contribution in [0.5, 0.6) is 0 Å². The molecule has 1 saturated carbocycles. The van der Waals surface area contributed by atoms with Crippen LogP contribution in [0.15, 0.2) is 41.3 Å². The Labute approximate surface area is 234 Å². The van der Waals surface area contributed by atoms with Crippen LogP contribution in [0.25, 0.3) is 10.9 Å². The molecule has 14 heteroatoms. The zero-order chi connectivity index (χ0) is 29.8. The Balaban J connectivity index is 0.000000374. The maximum atomic E-state index is 15.1. The number of halogens is 2. The summed E-state index contributed by atoms with van der Waals surface area (Å²) in [7, 11) is 0.699. The van der Waals surface area contributed by atoms with E-state index in [0.717, 1.165) is 18.9 Å². The number of aromatic nitrogens is 1. The molecule has 3 aromatic rings. The second-order valence-electron chi connectivity index (χ2n) is 9.64. The van der Waals surface area contributed by atoms with Gasteiger partial charge in [0.05, 0.1) is 16.9 Å². The van der Waals surface area contributed by atoms with Gasteiger partial charge in [-0.1, -0.05) is 0 Å². The Morgan fingerprint density at radius 3 is 2.00 bits per heavy atom. The Morgan fingerprint density at radius 1 is 0.927 bits per heavy atom. The van der Waals surface area contributed by atoms with Gasteiger partial charge in [0.25, 0.3) is 11.9 Å². The monoisotopic (exact) mass is 569 g/mol. The van der Waals surface area contributed by atoms with E-state index in [1.165, 1.54) is 26.1 Å². The number of benzene rings is 2. The summed E-state index contributed by atoms with van der Waals surface area (Å²) in [5.74, 6) is -3.32. The highest BCUT2D eigenvalue weighted by atomic mass is 19.1. The number of carbonyl (C=O) groups excluding carboxylic acids is 2. The summed E-state index contributed by atoms with van der Waals surface area (Å²) in [5.41, 5.74) is 6.30. The van der Waals surface area contributed by atoms with Crippen molar-refractivity contribution in [3.8, 4) is 0 Å². The van der Waals surface area contributed by atoms with E-state index in [2.05, 4.69) is 9.31 Å². The fourth-order valence-electron chi connectivity index (χ4n) is 4.54. The highest BCUT2D eigenvalue weighted by molar-refractivity contribution is 6.25. The van der Waals surface area contributed by atoms with Crippen LogP contribution in [0.4, 0.5) is 25.8 Å². The van der Waals surface area contributed by atoms with Crippen LogP contribution >= 0.6 is 0 Å². The number of carboxylic acids is 1. The normalized spacial score (nSPS) is 14.6. The minimum absolute atomic E-state index is 0.0700. The Hall–Kier alpha value is -4.62. The molecule has 11 nitrogen and oxygen atoms in total. The van der Waals surface area contributed by atoms with Crippen LogP contribution < -0.4 is 21.0 Å². The van der Waals surface area contributed by atoms with Gasteiger partial charge in [-0.25, -0.2) is 13.6 Å². The number of nitrogens with zero attached hydrogens (tertiary/aromatic N) is 3. The molecule has 2 aliphatic rings. The first-order valence-corrected chi connectivity index (χ1v) is 12.8. The number of hydrogen-bond acceptors (Lipinski definition) is 9. The fraction of sp³-hybridized carbons (Fsp3) is 0.333. The van der Waals surface area contributed by atoms with Crippen LogP contribution in [0.1, 0.15) is 43.1 Å². The predicted molar refractivity (Wildman–Crippen MR) is 148 cm³/mol. The summed E-state index contributed by atoms with van der Waals surface area (Å²) in [6.45, 7) is 4.33. The summed E-state index contributed by atoms with van der Waals surface area (Å²) in [5, 5.41) is 9.45. The number of fused-ring (bicyclic) bond motifs is 1. The van der Waals surface area contributed by atoms with Crippen molar-refractivity contribution in [3.05, 3.63) is 63.9 Å². The Morgan fingerprint density at radius 2 is 1.49 bits per heavy atom. The molecule has 1 aromatic heterocycles. The molecule has 0 unspecified atom stereocenters. The van der Waals surface area contributed by atoms with E-state index in [1.807, 2.05) is 9.80 Å². The third-order valence-electron chi connectivity index (χ3n) is 6.63. The predicted octanol–water partition coefficient (Wildman–Crippen LogP) is 2.87. The van der Waals surface area contributed by atoms with Crippen LogP contribution in [0, 0.1) is 11.6 Å². The summed E-state index contributed by atoms with van der Waals surface area (Å²) in [6, 6.07) is 7.47. The zero-order valence-corrected chi connectivity index (χ0v) is 22.4. The lowest BCUT2D eigenvalue weighted by atomic mass is 10.1. The second kappa shape index (κ2) is 12.3. The van der Waals surface area contributed by atoms with Gasteiger partial charge in [0.15, 0.2) is 0 Å².